The van der Waals surface area contributed by atoms with Crippen molar-refractivity contribution < 1.29 is 36.9 Å². The summed E-state index contributed by atoms with van der Waals surface area (Å²) in [5, 5.41) is 7.42. The van der Waals surface area contributed by atoms with Crippen LogP contribution in [0.1, 0.15) is 6.92 Å². The number of hydrogen-bond donors (Lipinski definition) is 1. The fraction of sp³-hybridized carbons (Fsp3) is 0.500. The molecule has 0 unspecified atom stereocenters. The van der Waals surface area contributed by atoms with Crippen LogP contribution in [-0.2, 0) is 31.8 Å². The van der Waals surface area contributed by atoms with Crippen molar-refractivity contribution in [3.05, 3.63) is 0 Å². The maximum Gasteiger partial charge on any atom is 0 e. The van der Waals surface area contributed by atoms with Crippen LogP contribution in [0.3, 0.4) is 0 Å². The Morgan fingerprint density at radius 1 is 1.50 bits per heavy atom. The van der Waals surface area contributed by atoms with E-state index in [2.05, 4.69) is 0 Å². The first-order valence-corrected chi connectivity index (χ1v) is 3.05. The Morgan fingerprint density at radius 2 is 1.50 bits per heavy atom. The molecule has 0 aliphatic rings. The van der Waals surface area contributed by atoms with Gasteiger partial charge in [0.2, 0.25) is 0 Å². The first-order chi connectivity index (χ1) is 3.15. The van der Waals surface area contributed by atoms with Crippen molar-refractivity contribution in [1.82, 2.24) is 0 Å². The number of aliphatic carboxylic acids is 1. The molecule has 0 bridgehead atoms. The molecule has 0 saturated carbocycles. The second-order valence-corrected chi connectivity index (χ2v) is 0.952. The standard InChI is InChI=1S/C2H4O2.GeO2.Zn/c1-2(3)4;2-1-3;/h1H3,(H,3,4);;. The molecule has 0 aromatic heterocycles. The molecule has 4 nitrogen and oxygen atoms in total. The molecule has 0 fully saturated rings. The van der Waals surface area contributed by atoms with Crippen LogP contribution < -0.4 is 0 Å². The summed E-state index contributed by atoms with van der Waals surface area (Å²) < 4.78 is 17.0. The second kappa shape index (κ2) is 15.7. The number of hydrogen-bond acceptors (Lipinski definition) is 3. The van der Waals surface area contributed by atoms with Gasteiger partial charge in [-0.3, -0.25) is 4.79 Å². The van der Waals surface area contributed by atoms with Crippen molar-refractivity contribution in [3.8, 4) is 0 Å². The van der Waals surface area contributed by atoms with Crippen molar-refractivity contribution in [2.24, 2.45) is 0 Å². The molecule has 0 heterocycles. The molecule has 0 aromatic rings. The summed E-state index contributed by atoms with van der Waals surface area (Å²) in [6, 6.07) is 0. The molecule has 0 saturated heterocycles. The minimum Gasteiger partial charge on any atom is 0 e. The van der Waals surface area contributed by atoms with Gasteiger partial charge in [0, 0.05) is 26.4 Å². The van der Waals surface area contributed by atoms with Gasteiger partial charge in [0.15, 0.2) is 0 Å². The van der Waals surface area contributed by atoms with Crippen molar-refractivity contribution in [1.29, 1.82) is 0 Å². The van der Waals surface area contributed by atoms with Crippen LogP contribution in [0.5, 0.6) is 0 Å². The number of carboxylic acid groups (broad SMARTS) is 1. The van der Waals surface area contributed by atoms with E-state index in [9.17, 15) is 0 Å². The number of carbonyl (C=O) groups is 1. The summed E-state index contributed by atoms with van der Waals surface area (Å²) in [5.41, 5.74) is 0. The quantitative estimate of drug-likeness (QED) is 0.568. The molecule has 0 amide bonds. The maximum atomic E-state index is 9.00. The van der Waals surface area contributed by atoms with Gasteiger partial charge in [0.1, 0.15) is 0 Å². The van der Waals surface area contributed by atoms with Crippen LogP contribution in [0.15, 0.2) is 0 Å². The van der Waals surface area contributed by atoms with Gasteiger partial charge in [0.05, 0.1) is 0 Å². The molecule has 42 valence electrons. The van der Waals surface area contributed by atoms with E-state index in [1.807, 2.05) is 0 Å². The maximum absolute atomic E-state index is 9.00. The van der Waals surface area contributed by atoms with Gasteiger partial charge < -0.3 is 5.11 Å². The second-order valence-electron chi connectivity index (χ2n) is 0.602. The van der Waals surface area contributed by atoms with Crippen LogP contribution in [0, 0.1) is 0 Å². The van der Waals surface area contributed by atoms with E-state index in [0.717, 1.165) is 6.92 Å². The van der Waals surface area contributed by atoms with Crippen molar-refractivity contribution in [3.63, 3.8) is 0 Å². The first kappa shape index (κ1) is 15.7. The van der Waals surface area contributed by atoms with Crippen LogP contribution in [0.2, 0.25) is 0 Å². The third kappa shape index (κ3) is 3060. The normalized spacial score (nSPS) is 4.12. The molecule has 0 radical (unpaired) electrons. The molecule has 0 aliphatic heterocycles. The molecule has 0 aromatic carbocycles. The molecule has 0 atom stereocenters. The largest absolute Gasteiger partial charge is 0 e. The zero-order chi connectivity index (χ0) is 6.28. The zero-order valence-electron chi connectivity index (χ0n) is 4.38. The first-order valence-electron chi connectivity index (χ1n) is 1.34. The molecule has 0 aliphatic carbocycles. The van der Waals surface area contributed by atoms with Crippen molar-refractivity contribution in [2.75, 3.05) is 0 Å². The van der Waals surface area contributed by atoms with Crippen LogP contribution in [0.25, 0.3) is 0 Å². The Balaban J connectivity index is -0.0000000575. The summed E-state index contributed by atoms with van der Waals surface area (Å²) in [4.78, 5) is 9.00. The molecule has 8 heavy (non-hydrogen) atoms. The van der Waals surface area contributed by atoms with E-state index in [1.54, 1.807) is 0 Å². The van der Waals surface area contributed by atoms with Crippen molar-refractivity contribution >= 4 is 21.3 Å². The number of rotatable bonds is 0. The van der Waals surface area contributed by atoms with E-state index in [4.69, 9.17) is 17.5 Å². The Morgan fingerprint density at radius 3 is 1.50 bits per heavy atom. The van der Waals surface area contributed by atoms with E-state index in [1.165, 1.54) is 0 Å². The summed E-state index contributed by atoms with van der Waals surface area (Å²) in [6.07, 6.45) is 0. The van der Waals surface area contributed by atoms with Crippen molar-refractivity contribution in [2.45, 2.75) is 6.92 Å². The van der Waals surface area contributed by atoms with E-state index >= 15 is 0 Å². The van der Waals surface area contributed by atoms with Gasteiger partial charge in [-0.15, -0.1) is 0 Å². The van der Waals surface area contributed by atoms with Gasteiger partial charge in [-0.25, -0.2) is 0 Å². The summed E-state index contributed by atoms with van der Waals surface area (Å²) in [5.74, 6) is -0.833. The molecule has 0 spiro atoms. The topological polar surface area (TPSA) is 71.4 Å². The van der Waals surface area contributed by atoms with E-state index < -0.39 is 21.3 Å². The molecule has 0 rings (SSSR count). The van der Waals surface area contributed by atoms with Gasteiger partial charge in [-0.1, -0.05) is 0 Å². The van der Waals surface area contributed by atoms with Crippen LogP contribution in [-0.4, -0.2) is 26.4 Å². The van der Waals surface area contributed by atoms with Gasteiger partial charge in [-0.05, 0) is 0 Å². The molecule has 1 N–H and O–H groups in total. The Bertz CT molecular complexity index is 82.0. The minimum atomic E-state index is -2.00. The fourth-order valence-electron chi connectivity index (χ4n) is 0. The summed E-state index contributed by atoms with van der Waals surface area (Å²) >= 11 is -2.00. The molecule has 6 heteroatoms. The van der Waals surface area contributed by atoms with Crippen LogP contribution in [0.4, 0.5) is 0 Å². The summed E-state index contributed by atoms with van der Waals surface area (Å²) in [6.45, 7) is 1.08. The third-order valence-corrected chi connectivity index (χ3v) is 0. The smallest absolute Gasteiger partial charge is 0 e. The van der Waals surface area contributed by atoms with E-state index in [0.29, 0.717) is 0 Å². The zero-order valence-corrected chi connectivity index (χ0v) is 9.44. The minimum absolute atomic E-state index is 0. The molecular formula is C2H4GeO4Zn. The average Bonchev–Trinajstić information content (AvgIpc) is 1.33. The predicted molar refractivity (Wildman–Crippen MR) is 20.4 cm³/mol. The SMILES string of the molecule is CC(=O)O.[O]=[Ge]=[O].[Zn]. The fourth-order valence-corrected chi connectivity index (χ4v) is 0. The van der Waals surface area contributed by atoms with Gasteiger partial charge in [-0.2, -0.15) is 0 Å². The predicted octanol–water partition coefficient (Wildman–Crippen LogP) is -0.530. The number of carboxylic acids is 1. The Labute approximate surface area is 65.3 Å². The average molecular weight is 230 g/mol. The Kier molecular flexibility index (Phi) is 30.8. The summed E-state index contributed by atoms with van der Waals surface area (Å²) in [7, 11) is 0. The van der Waals surface area contributed by atoms with E-state index in [-0.39, 0.29) is 19.5 Å². The van der Waals surface area contributed by atoms with Gasteiger partial charge >= 0.3 is 22.9 Å². The third-order valence-electron chi connectivity index (χ3n) is 0. The molecular weight excluding hydrogens is 226 g/mol. The van der Waals surface area contributed by atoms with Gasteiger partial charge in [0.25, 0.3) is 5.97 Å². The Hall–Kier alpha value is 0.236. The monoisotopic (exact) mass is 230 g/mol. The van der Waals surface area contributed by atoms with Crippen LogP contribution >= 0.6 is 0 Å².